The topological polar surface area (TPSA) is 15.3 Å². The van der Waals surface area contributed by atoms with Gasteiger partial charge in [0.15, 0.2) is 0 Å². The normalized spacial score (nSPS) is 13.2. The third-order valence-corrected chi connectivity index (χ3v) is 6.81. The second kappa shape index (κ2) is 10.6. The summed E-state index contributed by atoms with van der Waals surface area (Å²) in [6.07, 6.45) is 4.41. The van der Waals surface area contributed by atoms with Crippen LogP contribution in [0.25, 0.3) is 15.8 Å². The van der Waals surface area contributed by atoms with Crippen molar-refractivity contribution >= 4 is 48.7 Å². The minimum atomic E-state index is -2.94. The molecule has 0 saturated carbocycles. The maximum atomic E-state index is 13.9. The molecule has 0 aliphatic heterocycles. The summed E-state index contributed by atoms with van der Waals surface area (Å²) in [5.74, 6) is -2.94. The molecule has 2 nitrogen and oxygen atoms in total. The number of anilines is 1. The van der Waals surface area contributed by atoms with Crippen molar-refractivity contribution in [2.45, 2.75) is 46.5 Å². The second-order valence-electron chi connectivity index (χ2n) is 7.55. The van der Waals surface area contributed by atoms with E-state index in [4.69, 9.17) is 0 Å². The summed E-state index contributed by atoms with van der Waals surface area (Å²) in [5.41, 5.74) is 3.57. The van der Waals surface area contributed by atoms with Gasteiger partial charge in [0.25, 0.3) is 5.92 Å². The third kappa shape index (κ3) is 5.86. The highest BCUT2D eigenvalue weighted by atomic mass is 79.9. The van der Waals surface area contributed by atoms with E-state index >= 15 is 0 Å². The van der Waals surface area contributed by atoms with E-state index in [0.717, 1.165) is 68.4 Å². The van der Waals surface area contributed by atoms with Gasteiger partial charge in [-0.05, 0) is 44.1 Å². The summed E-state index contributed by atoms with van der Waals surface area (Å²) < 4.78 is 30.0. The molecule has 2 rings (SSSR count). The summed E-state index contributed by atoms with van der Waals surface area (Å²) in [4.78, 5) is 3.08. The first-order valence-corrected chi connectivity index (χ1v) is 12.0. The van der Waals surface area contributed by atoms with Crippen LogP contribution in [0.5, 0.6) is 0 Å². The first-order valence-electron chi connectivity index (χ1n) is 10.4. The number of halogens is 3. The van der Waals surface area contributed by atoms with Gasteiger partial charge in [-0.15, -0.1) is 11.3 Å². The molecular formula is C25H31BrF2N2S. The zero-order chi connectivity index (χ0) is 23.3. The van der Waals surface area contributed by atoms with Crippen LogP contribution in [-0.2, 0) is 0 Å². The summed E-state index contributed by atoms with van der Waals surface area (Å²) in [5, 5.41) is 4.63. The monoisotopic (exact) mass is 508 g/mol. The van der Waals surface area contributed by atoms with E-state index in [9.17, 15) is 8.78 Å². The van der Waals surface area contributed by atoms with Crippen molar-refractivity contribution in [3.05, 3.63) is 69.7 Å². The number of allylic oxidation sites excluding steroid dienone is 5. The number of rotatable bonds is 10. The summed E-state index contributed by atoms with van der Waals surface area (Å²) in [6.45, 7) is 15.7. The quantitative estimate of drug-likeness (QED) is 0.322. The van der Waals surface area contributed by atoms with Crippen molar-refractivity contribution in [1.82, 2.24) is 4.90 Å². The second-order valence-corrected chi connectivity index (χ2v) is 9.52. The Balaban J connectivity index is 2.57. The van der Waals surface area contributed by atoms with Gasteiger partial charge in [0.05, 0.1) is 16.3 Å². The average molecular weight is 510 g/mol. The smallest absolute Gasteiger partial charge is 0.270 e. The lowest BCUT2D eigenvalue weighted by atomic mass is 10.0. The van der Waals surface area contributed by atoms with Crippen LogP contribution in [0.1, 0.15) is 45.4 Å². The molecule has 2 aromatic rings. The largest absolute Gasteiger partial charge is 0.384 e. The molecule has 0 unspecified atom stereocenters. The fourth-order valence-electron chi connectivity index (χ4n) is 3.49. The van der Waals surface area contributed by atoms with E-state index in [1.54, 1.807) is 11.3 Å². The van der Waals surface area contributed by atoms with E-state index in [-0.39, 0.29) is 5.57 Å². The van der Waals surface area contributed by atoms with Crippen molar-refractivity contribution in [3.8, 4) is 0 Å². The number of thiophene rings is 1. The molecule has 6 heteroatoms. The van der Waals surface area contributed by atoms with Crippen LogP contribution < -0.4 is 5.32 Å². The molecule has 0 aliphatic carbocycles. The van der Waals surface area contributed by atoms with Crippen LogP contribution in [0.4, 0.5) is 14.5 Å². The van der Waals surface area contributed by atoms with Crippen molar-refractivity contribution in [2.75, 3.05) is 18.9 Å². The predicted octanol–water partition coefficient (Wildman–Crippen LogP) is 8.84. The molecule has 31 heavy (non-hydrogen) atoms. The fourth-order valence-corrected chi connectivity index (χ4v) is 5.23. The van der Waals surface area contributed by atoms with Crippen molar-refractivity contribution in [1.29, 1.82) is 0 Å². The van der Waals surface area contributed by atoms with Gasteiger partial charge in [-0.1, -0.05) is 54.6 Å². The molecule has 0 spiro atoms. The molecule has 0 atom stereocenters. The van der Waals surface area contributed by atoms with E-state index < -0.39 is 5.92 Å². The first-order chi connectivity index (χ1) is 14.5. The highest BCUT2D eigenvalue weighted by molar-refractivity contribution is 9.10. The number of hydrogen-bond acceptors (Lipinski definition) is 3. The Bertz CT molecular complexity index is 1030. The van der Waals surface area contributed by atoms with Crippen LogP contribution in [0.3, 0.4) is 0 Å². The van der Waals surface area contributed by atoms with Crippen LogP contribution in [0, 0.1) is 0 Å². The number of hydrogen-bond donors (Lipinski definition) is 1. The maximum absolute atomic E-state index is 13.9. The van der Waals surface area contributed by atoms with Crippen LogP contribution in [0.15, 0.2) is 64.8 Å². The highest BCUT2D eigenvalue weighted by Crippen LogP contribution is 2.42. The molecule has 0 aliphatic rings. The number of nitrogens with one attached hydrogen (secondary N) is 1. The number of nitrogens with zero attached hydrogens (tertiary/aromatic N) is 1. The lowest BCUT2D eigenvalue weighted by Gasteiger charge is -2.27. The minimum absolute atomic E-state index is 0.0855. The lowest BCUT2D eigenvalue weighted by Crippen LogP contribution is -2.18. The van der Waals surface area contributed by atoms with Gasteiger partial charge in [0.2, 0.25) is 0 Å². The van der Waals surface area contributed by atoms with E-state index in [1.165, 1.54) is 12.2 Å². The van der Waals surface area contributed by atoms with Crippen LogP contribution >= 0.6 is 27.3 Å². The zero-order valence-corrected chi connectivity index (χ0v) is 21.3. The lowest BCUT2D eigenvalue weighted by molar-refractivity contribution is 0.0675. The molecule has 168 valence electrons. The Morgan fingerprint density at radius 1 is 1.32 bits per heavy atom. The Labute approximate surface area is 197 Å². The number of alkyl halides is 2. The molecule has 0 amide bonds. The maximum Gasteiger partial charge on any atom is 0.270 e. The van der Waals surface area contributed by atoms with Crippen molar-refractivity contribution in [2.24, 2.45) is 0 Å². The van der Waals surface area contributed by atoms with Crippen molar-refractivity contribution < 1.29 is 8.78 Å². The van der Waals surface area contributed by atoms with Gasteiger partial charge in [0.1, 0.15) is 0 Å². The summed E-state index contributed by atoms with van der Waals surface area (Å²) in [7, 11) is 1.96. The average Bonchev–Trinajstić information content (AvgIpc) is 3.05. The summed E-state index contributed by atoms with van der Waals surface area (Å²) >= 11 is 5.23. The predicted molar refractivity (Wildman–Crippen MR) is 137 cm³/mol. The Morgan fingerprint density at radius 3 is 2.55 bits per heavy atom. The van der Waals surface area contributed by atoms with Crippen molar-refractivity contribution in [3.63, 3.8) is 0 Å². The Hall–Kier alpha value is -1.92. The molecule has 1 aromatic carbocycles. The number of fused-ring (bicyclic) bond motifs is 1. The van der Waals surface area contributed by atoms with E-state index in [1.807, 2.05) is 24.9 Å². The molecule has 0 radical (unpaired) electrons. The SMILES string of the molecule is C=C/C(=C\C(C)=C(/CCC)N(C)C(=C)c1sc2cc(Br)ccc2c1NCC)C(C)(F)F. The number of benzene rings is 1. The molecule has 1 N–H and O–H groups in total. The standard InChI is InChI=1S/C25H31BrF2N2S/c1-8-11-21(16(4)14-18(9-2)25(6,27)28)30(7)17(5)24-23(29-10-3)20-13-12-19(26)15-22(20)31-24/h9,12-15,29H,2,5,8,10-11H2,1,3-4,6-7H3/b18-14+,21-16+. The van der Waals surface area contributed by atoms with Gasteiger partial charge in [0, 0.05) is 46.3 Å². The fraction of sp³-hybridized carbons (Fsp3) is 0.360. The summed E-state index contributed by atoms with van der Waals surface area (Å²) in [6, 6.07) is 6.24. The van der Waals surface area contributed by atoms with Crippen LogP contribution in [0.2, 0.25) is 0 Å². The van der Waals surface area contributed by atoms with E-state index in [0.29, 0.717) is 0 Å². The third-order valence-electron chi connectivity index (χ3n) is 5.12. The molecule has 1 heterocycles. The first kappa shape index (κ1) is 25.3. The van der Waals surface area contributed by atoms with Gasteiger partial charge >= 0.3 is 0 Å². The molecular weight excluding hydrogens is 478 g/mol. The molecule has 0 bridgehead atoms. The molecule has 1 aromatic heterocycles. The van der Waals surface area contributed by atoms with Gasteiger partial charge < -0.3 is 10.2 Å². The minimum Gasteiger partial charge on any atom is -0.384 e. The highest BCUT2D eigenvalue weighted by Gasteiger charge is 2.26. The molecule has 0 saturated heterocycles. The van der Waals surface area contributed by atoms with Gasteiger partial charge in [-0.3, -0.25) is 0 Å². The zero-order valence-electron chi connectivity index (χ0n) is 18.9. The molecule has 0 fully saturated rings. The Morgan fingerprint density at radius 2 is 2.00 bits per heavy atom. The Kier molecular flexibility index (Phi) is 8.66. The van der Waals surface area contributed by atoms with Gasteiger partial charge in [-0.25, -0.2) is 8.78 Å². The van der Waals surface area contributed by atoms with Gasteiger partial charge in [-0.2, -0.15) is 0 Å². The van der Waals surface area contributed by atoms with Crippen LogP contribution in [-0.4, -0.2) is 24.4 Å². The van der Waals surface area contributed by atoms with E-state index in [2.05, 4.69) is 60.4 Å².